The van der Waals surface area contributed by atoms with E-state index in [1.807, 2.05) is 6.07 Å². The van der Waals surface area contributed by atoms with E-state index in [1.165, 1.54) is 0 Å². The summed E-state index contributed by atoms with van der Waals surface area (Å²) in [4.78, 5) is 11.5. The molecule has 4 nitrogen and oxygen atoms in total. The number of ether oxygens (including phenoxy) is 1. The zero-order valence-corrected chi connectivity index (χ0v) is 10.8. The average molecular weight is 290 g/mol. The minimum atomic E-state index is -4.48. The lowest BCUT2D eigenvalue weighted by atomic mass is 10.1. The first-order valence-electron chi connectivity index (χ1n) is 6.09. The Morgan fingerprint density at radius 2 is 1.75 bits per heavy atom. The molecule has 4 N–H and O–H groups in total. The van der Waals surface area contributed by atoms with Crippen LogP contribution in [0.4, 0.5) is 13.2 Å². The topological polar surface area (TPSA) is 78.3 Å². The van der Waals surface area contributed by atoms with Gasteiger partial charge in [0.2, 0.25) is 0 Å². The van der Waals surface area contributed by atoms with Crippen LogP contribution in [-0.4, -0.2) is 24.2 Å². The maximum Gasteiger partial charge on any atom is 0.403 e. The van der Waals surface area contributed by atoms with Gasteiger partial charge in [0.15, 0.2) is 0 Å². The SMILES string of the molecule is NC(CCC(N)C(F)(F)F)C(=O)OCc1ccccc1. The number of hydrogen-bond acceptors (Lipinski definition) is 4. The monoisotopic (exact) mass is 290 g/mol. The van der Waals surface area contributed by atoms with Crippen LogP contribution in [0.25, 0.3) is 0 Å². The second-order valence-electron chi connectivity index (χ2n) is 4.43. The molecule has 2 unspecified atom stereocenters. The molecule has 0 aromatic heterocycles. The molecule has 1 aromatic carbocycles. The largest absolute Gasteiger partial charge is 0.460 e. The van der Waals surface area contributed by atoms with Crippen LogP contribution < -0.4 is 11.5 Å². The number of rotatable bonds is 6. The Labute approximate surface area is 114 Å². The van der Waals surface area contributed by atoms with Crippen molar-refractivity contribution in [3.63, 3.8) is 0 Å². The lowest BCUT2D eigenvalue weighted by molar-refractivity contribution is -0.153. The van der Waals surface area contributed by atoms with Gasteiger partial charge >= 0.3 is 12.1 Å². The van der Waals surface area contributed by atoms with Crippen LogP contribution in [0.1, 0.15) is 18.4 Å². The molecule has 7 heteroatoms. The van der Waals surface area contributed by atoms with Crippen molar-refractivity contribution in [2.75, 3.05) is 0 Å². The molecule has 0 radical (unpaired) electrons. The Bertz CT molecular complexity index is 423. The van der Waals surface area contributed by atoms with Crippen LogP contribution in [0, 0.1) is 0 Å². The van der Waals surface area contributed by atoms with Gasteiger partial charge < -0.3 is 16.2 Å². The van der Waals surface area contributed by atoms with Crippen molar-refractivity contribution in [1.29, 1.82) is 0 Å². The van der Waals surface area contributed by atoms with E-state index >= 15 is 0 Å². The standard InChI is InChI=1S/C13H17F3N2O2/c14-13(15,16)11(18)7-6-10(17)12(19)20-8-9-4-2-1-3-5-9/h1-5,10-11H,6-8,17-18H2. The molecule has 0 amide bonds. The van der Waals surface area contributed by atoms with Gasteiger partial charge in [-0.05, 0) is 18.4 Å². The van der Waals surface area contributed by atoms with Crippen LogP contribution >= 0.6 is 0 Å². The molecule has 0 aliphatic carbocycles. The first kappa shape index (κ1) is 16.5. The normalized spacial score (nSPS) is 14.7. The summed E-state index contributed by atoms with van der Waals surface area (Å²) in [5.41, 5.74) is 11.2. The Morgan fingerprint density at radius 3 is 2.30 bits per heavy atom. The maximum atomic E-state index is 12.2. The van der Waals surface area contributed by atoms with Gasteiger partial charge in [-0.25, -0.2) is 0 Å². The van der Waals surface area contributed by atoms with Crippen LogP contribution in [-0.2, 0) is 16.1 Å². The Kier molecular flexibility index (Phi) is 5.97. The molecular formula is C13H17F3N2O2. The number of hydrogen-bond donors (Lipinski definition) is 2. The van der Waals surface area contributed by atoms with Gasteiger partial charge in [0.1, 0.15) is 18.7 Å². The second-order valence-corrected chi connectivity index (χ2v) is 4.43. The lowest BCUT2D eigenvalue weighted by Gasteiger charge is -2.17. The van der Waals surface area contributed by atoms with Crippen molar-refractivity contribution in [2.45, 2.75) is 37.7 Å². The fourth-order valence-corrected chi connectivity index (χ4v) is 1.48. The number of halogens is 3. The Morgan fingerprint density at radius 1 is 1.15 bits per heavy atom. The quantitative estimate of drug-likeness (QED) is 0.782. The highest BCUT2D eigenvalue weighted by Crippen LogP contribution is 2.21. The van der Waals surface area contributed by atoms with Crippen molar-refractivity contribution in [3.05, 3.63) is 35.9 Å². The summed E-state index contributed by atoms with van der Waals surface area (Å²) < 4.78 is 41.5. The number of carbonyl (C=O) groups is 1. The maximum absolute atomic E-state index is 12.2. The number of carbonyl (C=O) groups excluding carboxylic acids is 1. The molecular weight excluding hydrogens is 273 g/mol. The van der Waals surface area contributed by atoms with Crippen molar-refractivity contribution >= 4 is 5.97 Å². The van der Waals surface area contributed by atoms with Gasteiger partial charge in [-0.1, -0.05) is 30.3 Å². The zero-order chi connectivity index (χ0) is 15.2. The van der Waals surface area contributed by atoms with Crippen molar-refractivity contribution in [3.8, 4) is 0 Å². The highest BCUT2D eigenvalue weighted by molar-refractivity contribution is 5.75. The number of alkyl halides is 3. The summed E-state index contributed by atoms with van der Waals surface area (Å²) in [6.45, 7) is 0.0404. The molecule has 20 heavy (non-hydrogen) atoms. The Balaban J connectivity index is 2.33. The van der Waals surface area contributed by atoms with E-state index in [4.69, 9.17) is 16.2 Å². The molecule has 1 aromatic rings. The molecule has 0 spiro atoms. The molecule has 2 atom stereocenters. The highest BCUT2D eigenvalue weighted by Gasteiger charge is 2.36. The second kappa shape index (κ2) is 7.25. The van der Waals surface area contributed by atoms with E-state index in [0.29, 0.717) is 0 Å². The summed E-state index contributed by atoms with van der Waals surface area (Å²) >= 11 is 0. The van der Waals surface area contributed by atoms with Gasteiger partial charge in [0.25, 0.3) is 0 Å². The predicted molar refractivity (Wildman–Crippen MR) is 67.5 cm³/mol. The fraction of sp³-hybridized carbons (Fsp3) is 0.462. The first-order chi connectivity index (χ1) is 9.30. The summed E-state index contributed by atoms with van der Waals surface area (Å²) in [7, 11) is 0. The van der Waals surface area contributed by atoms with E-state index in [-0.39, 0.29) is 13.0 Å². The van der Waals surface area contributed by atoms with Crippen molar-refractivity contribution in [2.24, 2.45) is 11.5 Å². The summed E-state index contributed by atoms with van der Waals surface area (Å²) in [6.07, 6.45) is -5.06. The Hall–Kier alpha value is -1.60. The molecule has 112 valence electrons. The molecule has 0 heterocycles. The van der Waals surface area contributed by atoms with Gasteiger partial charge in [-0.3, -0.25) is 4.79 Å². The van der Waals surface area contributed by atoms with Gasteiger partial charge in [-0.2, -0.15) is 13.2 Å². The van der Waals surface area contributed by atoms with Gasteiger partial charge in [0, 0.05) is 0 Å². The molecule has 1 rings (SSSR count). The summed E-state index contributed by atoms with van der Waals surface area (Å²) in [6, 6.07) is 5.83. The molecule has 0 fully saturated rings. The van der Waals surface area contributed by atoms with E-state index in [2.05, 4.69) is 0 Å². The number of esters is 1. The van der Waals surface area contributed by atoms with Crippen LogP contribution in [0.3, 0.4) is 0 Å². The number of nitrogens with two attached hydrogens (primary N) is 2. The zero-order valence-electron chi connectivity index (χ0n) is 10.8. The van der Waals surface area contributed by atoms with Crippen molar-refractivity contribution in [1.82, 2.24) is 0 Å². The summed E-state index contributed by atoms with van der Waals surface area (Å²) in [5.74, 6) is -0.733. The minimum absolute atomic E-state index is 0.0404. The molecule has 0 aliphatic rings. The molecule has 0 aliphatic heterocycles. The van der Waals surface area contributed by atoms with Crippen LogP contribution in [0.15, 0.2) is 30.3 Å². The first-order valence-corrected chi connectivity index (χ1v) is 6.09. The third-order valence-electron chi connectivity index (χ3n) is 2.74. The van der Waals surface area contributed by atoms with E-state index in [9.17, 15) is 18.0 Å². The third-order valence-corrected chi connectivity index (χ3v) is 2.74. The highest BCUT2D eigenvalue weighted by atomic mass is 19.4. The fourth-order valence-electron chi connectivity index (χ4n) is 1.48. The van der Waals surface area contributed by atoms with E-state index in [1.54, 1.807) is 24.3 Å². The van der Waals surface area contributed by atoms with E-state index < -0.39 is 30.7 Å². The third kappa shape index (κ3) is 5.58. The number of benzene rings is 1. The van der Waals surface area contributed by atoms with Gasteiger partial charge in [-0.15, -0.1) is 0 Å². The molecule has 0 bridgehead atoms. The molecule has 0 saturated carbocycles. The predicted octanol–water partition coefficient (Wildman–Crippen LogP) is 1.73. The van der Waals surface area contributed by atoms with Gasteiger partial charge in [0.05, 0.1) is 0 Å². The lowest BCUT2D eigenvalue weighted by Crippen LogP contribution is -2.40. The summed E-state index contributed by atoms with van der Waals surface area (Å²) in [5, 5.41) is 0. The van der Waals surface area contributed by atoms with Crippen LogP contribution in [0.2, 0.25) is 0 Å². The molecule has 0 saturated heterocycles. The van der Waals surface area contributed by atoms with E-state index in [0.717, 1.165) is 5.56 Å². The van der Waals surface area contributed by atoms with Crippen LogP contribution in [0.5, 0.6) is 0 Å². The minimum Gasteiger partial charge on any atom is -0.460 e. The average Bonchev–Trinajstić information content (AvgIpc) is 2.41. The van der Waals surface area contributed by atoms with Crippen molar-refractivity contribution < 1.29 is 22.7 Å². The smallest absolute Gasteiger partial charge is 0.403 e.